The monoisotopic (exact) mass is 270 g/mol. The highest BCUT2D eigenvalue weighted by Gasteiger charge is 2.23. The van der Waals surface area contributed by atoms with Crippen molar-refractivity contribution in [2.75, 3.05) is 6.61 Å². The summed E-state index contributed by atoms with van der Waals surface area (Å²) in [5, 5.41) is 10.1. The Morgan fingerprint density at radius 2 is 1.95 bits per heavy atom. The SMILES string of the molecule is CCCc1c(O)n(CC(C)(C)OCC)c(=O)[nH]c1=O. The molecule has 0 saturated carbocycles. The zero-order valence-electron chi connectivity index (χ0n) is 11.9. The van der Waals surface area contributed by atoms with Crippen LogP contribution in [0.1, 0.15) is 39.7 Å². The van der Waals surface area contributed by atoms with E-state index in [1.807, 2.05) is 27.7 Å². The van der Waals surface area contributed by atoms with E-state index >= 15 is 0 Å². The number of rotatable bonds is 6. The number of aromatic amines is 1. The van der Waals surface area contributed by atoms with Crippen molar-refractivity contribution in [1.29, 1.82) is 0 Å². The lowest BCUT2D eigenvalue weighted by Crippen LogP contribution is -2.39. The maximum atomic E-state index is 11.8. The third kappa shape index (κ3) is 3.70. The van der Waals surface area contributed by atoms with E-state index in [1.165, 1.54) is 0 Å². The van der Waals surface area contributed by atoms with Crippen molar-refractivity contribution in [3.8, 4) is 5.88 Å². The Labute approximate surface area is 112 Å². The lowest BCUT2D eigenvalue weighted by atomic mass is 10.1. The molecule has 0 aliphatic carbocycles. The third-order valence-electron chi connectivity index (χ3n) is 2.84. The average molecular weight is 270 g/mol. The lowest BCUT2D eigenvalue weighted by Gasteiger charge is -2.26. The summed E-state index contributed by atoms with van der Waals surface area (Å²) in [5.41, 5.74) is -1.49. The topological polar surface area (TPSA) is 84.3 Å². The molecule has 1 rings (SSSR count). The maximum absolute atomic E-state index is 11.8. The molecule has 1 heterocycles. The molecule has 6 heteroatoms. The van der Waals surface area contributed by atoms with Crippen LogP contribution in [0, 0.1) is 0 Å². The van der Waals surface area contributed by atoms with Crippen LogP contribution in [0.15, 0.2) is 9.59 Å². The molecule has 0 radical (unpaired) electrons. The first-order valence-corrected chi connectivity index (χ1v) is 6.51. The van der Waals surface area contributed by atoms with Crippen LogP contribution in [0.4, 0.5) is 0 Å². The normalized spacial score (nSPS) is 11.8. The van der Waals surface area contributed by atoms with Gasteiger partial charge in [0.1, 0.15) is 0 Å². The molecule has 0 spiro atoms. The van der Waals surface area contributed by atoms with Crippen molar-refractivity contribution in [3.05, 3.63) is 26.4 Å². The van der Waals surface area contributed by atoms with E-state index in [0.29, 0.717) is 19.4 Å². The Bertz CT molecular complexity index is 543. The highest BCUT2D eigenvalue weighted by molar-refractivity contribution is 5.22. The van der Waals surface area contributed by atoms with E-state index in [-0.39, 0.29) is 18.0 Å². The second kappa shape index (κ2) is 6.06. The van der Waals surface area contributed by atoms with E-state index in [9.17, 15) is 14.7 Å². The zero-order valence-corrected chi connectivity index (χ0v) is 11.9. The van der Waals surface area contributed by atoms with Gasteiger partial charge in [0.15, 0.2) is 0 Å². The number of H-pyrrole nitrogens is 1. The molecule has 0 aromatic carbocycles. The van der Waals surface area contributed by atoms with Crippen LogP contribution in [-0.2, 0) is 17.7 Å². The molecule has 1 aromatic heterocycles. The van der Waals surface area contributed by atoms with Gasteiger partial charge in [-0.1, -0.05) is 13.3 Å². The van der Waals surface area contributed by atoms with Gasteiger partial charge in [-0.2, -0.15) is 0 Å². The summed E-state index contributed by atoms with van der Waals surface area (Å²) in [6.45, 7) is 8.10. The van der Waals surface area contributed by atoms with Gasteiger partial charge in [0, 0.05) is 6.61 Å². The van der Waals surface area contributed by atoms with Gasteiger partial charge >= 0.3 is 5.69 Å². The fraction of sp³-hybridized carbons (Fsp3) is 0.692. The maximum Gasteiger partial charge on any atom is 0.331 e. The molecule has 0 aliphatic rings. The number of nitrogens with one attached hydrogen (secondary N) is 1. The molecule has 0 amide bonds. The molecule has 0 aliphatic heterocycles. The van der Waals surface area contributed by atoms with Crippen LogP contribution in [-0.4, -0.2) is 26.9 Å². The van der Waals surface area contributed by atoms with E-state index in [0.717, 1.165) is 4.57 Å². The predicted molar refractivity (Wildman–Crippen MR) is 72.7 cm³/mol. The first-order chi connectivity index (χ1) is 8.82. The van der Waals surface area contributed by atoms with Crippen molar-refractivity contribution in [2.45, 2.75) is 52.7 Å². The van der Waals surface area contributed by atoms with Crippen LogP contribution in [0.5, 0.6) is 5.88 Å². The minimum atomic E-state index is -0.616. The Balaban J connectivity index is 3.25. The van der Waals surface area contributed by atoms with Crippen LogP contribution < -0.4 is 11.2 Å². The van der Waals surface area contributed by atoms with Gasteiger partial charge in [-0.25, -0.2) is 4.79 Å². The Kier molecular flexibility index (Phi) is 4.94. The predicted octanol–water partition coefficient (Wildman–Crippen LogP) is 1.01. The lowest BCUT2D eigenvalue weighted by molar-refractivity contribution is -0.0246. The zero-order chi connectivity index (χ0) is 14.6. The Morgan fingerprint density at radius 1 is 1.32 bits per heavy atom. The number of ether oxygens (including phenoxy) is 1. The van der Waals surface area contributed by atoms with Gasteiger partial charge in [-0.3, -0.25) is 14.3 Å². The van der Waals surface area contributed by atoms with E-state index < -0.39 is 16.9 Å². The summed E-state index contributed by atoms with van der Waals surface area (Å²) in [6.07, 6.45) is 1.14. The van der Waals surface area contributed by atoms with Crippen molar-refractivity contribution < 1.29 is 9.84 Å². The number of aromatic hydroxyl groups is 1. The van der Waals surface area contributed by atoms with Gasteiger partial charge in [0.2, 0.25) is 5.88 Å². The van der Waals surface area contributed by atoms with Crippen LogP contribution >= 0.6 is 0 Å². The second-order valence-electron chi connectivity index (χ2n) is 5.09. The van der Waals surface area contributed by atoms with Crippen LogP contribution in [0.3, 0.4) is 0 Å². The quantitative estimate of drug-likeness (QED) is 0.808. The van der Waals surface area contributed by atoms with Gasteiger partial charge in [-0.15, -0.1) is 0 Å². The summed E-state index contributed by atoms with van der Waals surface area (Å²) >= 11 is 0. The van der Waals surface area contributed by atoms with E-state index in [1.54, 1.807) is 0 Å². The minimum absolute atomic E-state index is 0.180. The summed E-state index contributed by atoms with van der Waals surface area (Å²) in [7, 11) is 0. The standard InChI is InChI=1S/C13H22N2O4/c1-5-7-9-10(16)14-12(18)15(11(9)17)8-13(3,4)19-6-2/h17H,5-8H2,1-4H3,(H,14,16,18). The summed E-state index contributed by atoms with van der Waals surface area (Å²) in [5.74, 6) is -0.261. The largest absolute Gasteiger partial charge is 0.494 e. The average Bonchev–Trinajstić information content (AvgIpc) is 2.30. The highest BCUT2D eigenvalue weighted by atomic mass is 16.5. The summed E-state index contributed by atoms with van der Waals surface area (Å²) in [4.78, 5) is 25.7. The fourth-order valence-electron chi connectivity index (χ4n) is 2.04. The van der Waals surface area contributed by atoms with Gasteiger partial charge in [0.25, 0.3) is 5.56 Å². The smallest absolute Gasteiger partial charge is 0.331 e. The van der Waals surface area contributed by atoms with Crippen molar-refractivity contribution in [2.24, 2.45) is 0 Å². The molecule has 108 valence electrons. The number of hydrogen-bond acceptors (Lipinski definition) is 4. The van der Waals surface area contributed by atoms with Gasteiger partial charge < -0.3 is 9.84 Å². The molecular weight excluding hydrogens is 248 g/mol. The van der Waals surface area contributed by atoms with Crippen molar-refractivity contribution in [3.63, 3.8) is 0 Å². The van der Waals surface area contributed by atoms with Crippen molar-refractivity contribution >= 4 is 0 Å². The van der Waals surface area contributed by atoms with Gasteiger partial charge in [-0.05, 0) is 27.2 Å². The molecule has 0 fully saturated rings. The molecule has 1 aromatic rings. The highest BCUT2D eigenvalue weighted by Crippen LogP contribution is 2.17. The molecule has 0 saturated heterocycles. The van der Waals surface area contributed by atoms with Crippen LogP contribution in [0.2, 0.25) is 0 Å². The van der Waals surface area contributed by atoms with E-state index in [4.69, 9.17) is 4.74 Å². The summed E-state index contributed by atoms with van der Waals surface area (Å²) < 4.78 is 6.67. The molecule has 0 atom stereocenters. The molecule has 2 N–H and O–H groups in total. The minimum Gasteiger partial charge on any atom is -0.494 e. The molecule has 6 nitrogen and oxygen atoms in total. The van der Waals surface area contributed by atoms with Crippen molar-refractivity contribution in [1.82, 2.24) is 9.55 Å². The molecular formula is C13H22N2O4. The second-order valence-corrected chi connectivity index (χ2v) is 5.09. The van der Waals surface area contributed by atoms with E-state index in [2.05, 4.69) is 4.98 Å². The Morgan fingerprint density at radius 3 is 2.47 bits per heavy atom. The molecule has 0 bridgehead atoms. The van der Waals surface area contributed by atoms with Crippen LogP contribution in [0.25, 0.3) is 0 Å². The number of hydrogen-bond donors (Lipinski definition) is 2. The third-order valence-corrected chi connectivity index (χ3v) is 2.84. The number of nitrogens with zero attached hydrogens (tertiary/aromatic N) is 1. The first kappa shape index (κ1) is 15.5. The summed E-state index contributed by atoms with van der Waals surface area (Å²) in [6, 6.07) is 0. The van der Waals surface area contributed by atoms with Gasteiger partial charge in [0.05, 0.1) is 17.7 Å². The molecule has 0 unspecified atom stereocenters. The fourth-order valence-corrected chi connectivity index (χ4v) is 2.04. The number of aromatic nitrogens is 2. The molecule has 19 heavy (non-hydrogen) atoms. The first-order valence-electron chi connectivity index (χ1n) is 6.51. The Hall–Kier alpha value is -1.56.